The maximum atomic E-state index is 12.8. The predicted octanol–water partition coefficient (Wildman–Crippen LogP) is 4.28. The molecule has 0 amide bonds. The minimum atomic E-state index is -4.65. The zero-order valence-corrected chi connectivity index (χ0v) is 14.1. The van der Waals surface area contributed by atoms with Gasteiger partial charge in [0, 0.05) is 4.47 Å². The Morgan fingerprint density at radius 1 is 1.13 bits per heavy atom. The average Bonchev–Trinajstić information content (AvgIpc) is 2.46. The number of sulfonamides is 1. The molecule has 2 aromatic carbocycles. The highest BCUT2D eigenvalue weighted by Gasteiger charge is 2.32. The van der Waals surface area contributed by atoms with Gasteiger partial charge in [-0.3, -0.25) is 4.72 Å². The number of hydrogen-bond acceptors (Lipinski definition) is 3. The molecule has 0 atom stereocenters. The Balaban J connectivity index is 2.46. The number of nitrogens with one attached hydrogen (secondary N) is 1. The highest BCUT2D eigenvalue weighted by atomic mass is 79.9. The molecule has 0 saturated carbocycles. The van der Waals surface area contributed by atoms with Gasteiger partial charge in [0.25, 0.3) is 10.0 Å². The summed E-state index contributed by atoms with van der Waals surface area (Å²) in [6.45, 7) is 0. The van der Waals surface area contributed by atoms with Crippen molar-refractivity contribution in [1.82, 2.24) is 0 Å². The number of hydrogen-bond donors (Lipinski definition) is 1. The first kappa shape index (κ1) is 17.6. The SMILES string of the molecule is COc1ccccc1NS(=O)(=O)c1cc(Br)cc(C(F)(F)F)c1. The normalized spacial score (nSPS) is 12.0. The molecule has 4 nitrogen and oxygen atoms in total. The summed E-state index contributed by atoms with van der Waals surface area (Å²) < 4.78 is 70.4. The lowest BCUT2D eigenvalue weighted by atomic mass is 10.2. The highest BCUT2D eigenvalue weighted by Crippen LogP contribution is 2.34. The summed E-state index contributed by atoms with van der Waals surface area (Å²) >= 11 is 2.89. The molecule has 0 aromatic heterocycles. The summed E-state index contributed by atoms with van der Waals surface area (Å²) in [4.78, 5) is -0.509. The summed E-state index contributed by atoms with van der Waals surface area (Å²) in [5.41, 5.74) is -0.934. The molecule has 0 radical (unpaired) electrons. The number of methoxy groups -OCH3 is 1. The molecule has 0 aliphatic rings. The number of rotatable bonds is 4. The second kappa shape index (κ2) is 6.40. The molecule has 0 fully saturated rings. The molecule has 9 heteroatoms. The Labute approximate surface area is 139 Å². The zero-order chi connectivity index (χ0) is 17.3. The standard InChI is InChI=1S/C14H11BrF3NO3S/c1-22-13-5-3-2-4-12(13)19-23(20,21)11-7-9(14(16,17)18)6-10(15)8-11/h2-8,19H,1H3. The van der Waals surface area contributed by atoms with E-state index in [4.69, 9.17) is 4.74 Å². The van der Waals surface area contributed by atoms with Crippen LogP contribution in [0.3, 0.4) is 0 Å². The molecule has 2 aromatic rings. The van der Waals surface area contributed by atoms with Crippen molar-refractivity contribution in [2.24, 2.45) is 0 Å². The Morgan fingerprint density at radius 3 is 2.39 bits per heavy atom. The summed E-state index contributed by atoms with van der Waals surface area (Å²) in [5.74, 6) is 0.252. The first-order valence-corrected chi connectivity index (χ1v) is 8.45. The van der Waals surface area contributed by atoms with E-state index in [9.17, 15) is 21.6 Å². The van der Waals surface area contributed by atoms with Crippen LogP contribution in [0.25, 0.3) is 0 Å². The first-order valence-electron chi connectivity index (χ1n) is 6.17. The van der Waals surface area contributed by atoms with Crippen LogP contribution >= 0.6 is 15.9 Å². The van der Waals surface area contributed by atoms with E-state index in [-0.39, 0.29) is 15.9 Å². The van der Waals surface area contributed by atoms with Gasteiger partial charge in [-0.05, 0) is 30.3 Å². The molecule has 0 aliphatic heterocycles. The molecular weight excluding hydrogens is 399 g/mol. The quantitative estimate of drug-likeness (QED) is 0.819. The molecule has 0 heterocycles. The number of para-hydroxylation sites is 2. The smallest absolute Gasteiger partial charge is 0.416 e. The molecule has 2 rings (SSSR count). The van der Waals surface area contributed by atoms with Gasteiger partial charge >= 0.3 is 6.18 Å². The first-order chi connectivity index (χ1) is 10.6. The van der Waals surface area contributed by atoms with Crippen LogP contribution in [-0.2, 0) is 16.2 Å². The molecule has 0 aliphatic carbocycles. The van der Waals surface area contributed by atoms with Crippen molar-refractivity contribution in [1.29, 1.82) is 0 Å². The van der Waals surface area contributed by atoms with Gasteiger partial charge in [-0.1, -0.05) is 28.1 Å². The van der Waals surface area contributed by atoms with E-state index in [1.807, 2.05) is 0 Å². The fourth-order valence-corrected chi connectivity index (χ4v) is 3.60. The van der Waals surface area contributed by atoms with Gasteiger partial charge < -0.3 is 4.74 Å². The van der Waals surface area contributed by atoms with Crippen LogP contribution in [0.4, 0.5) is 18.9 Å². The Kier molecular flexibility index (Phi) is 4.90. The Bertz CT molecular complexity index is 822. The minimum Gasteiger partial charge on any atom is -0.495 e. The third-order valence-electron chi connectivity index (χ3n) is 2.86. The van der Waals surface area contributed by atoms with Gasteiger partial charge in [-0.25, -0.2) is 8.42 Å². The van der Waals surface area contributed by atoms with E-state index in [0.29, 0.717) is 6.07 Å². The summed E-state index contributed by atoms with van der Waals surface area (Å²) in [5, 5.41) is 0. The van der Waals surface area contributed by atoms with Crippen molar-refractivity contribution >= 4 is 31.6 Å². The van der Waals surface area contributed by atoms with Crippen molar-refractivity contribution in [2.45, 2.75) is 11.1 Å². The number of ether oxygens (including phenoxy) is 1. The van der Waals surface area contributed by atoms with Gasteiger partial charge in [-0.15, -0.1) is 0 Å². The maximum absolute atomic E-state index is 12.8. The molecule has 0 spiro atoms. The lowest BCUT2D eigenvalue weighted by Gasteiger charge is -2.13. The van der Waals surface area contributed by atoms with Crippen molar-refractivity contribution in [3.8, 4) is 5.75 Å². The largest absolute Gasteiger partial charge is 0.495 e. The van der Waals surface area contributed by atoms with Gasteiger partial charge in [0.2, 0.25) is 0 Å². The Morgan fingerprint density at radius 2 is 1.78 bits per heavy atom. The van der Waals surface area contributed by atoms with Crippen molar-refractivity contribution in [3.63, 3.8) is 0 Å². The molecule has 124 valence electrons. The van der Waals surface area contributed by atoms with Crippen LogP contribution in [0.2, 0.25) is 0 Å². The topological polar surface area (TPSA) is 55.4 Å². The van der Waals surface area contributed by atoms with E-state index < -0.39 is 26.7 Å². The number of anilines is 1. The van der Waals surface area contributed by atoms with Crippen LogP contribution in [0.1, 0.15) is 5.56 Å². The fraction of sp³-hybridized carbons (Fsp3) is 0.143. The van der Waals surface area contributed by atoms with E-state index in [1.54, 1.807) is 12.1 Å². The van der Waals surface area contributed by atoms with Gasteiger partial charge in [0.15, 0.2) is 0 Å². The fourth-order valence-electron chi connectivity index (χ4n) is 1.81. The van der Waals surface area contributed by atoms with Crippen molar-refractivity contribution < 1.29 is 26.3 Å². The number of benzene rings is 2. The predicted molar refractivity (Wildman–Crippen MR) is 82.9 cm³/mol. The van der Waals surface area contributed by atoms with Gasteiger partial charge in [0.1, 0.15) is 5.75 Å². The Hall–Kier alpha value is -1.74. The van der Waals surface area contributed by atoms with Crippen LogP contribution in [0, 0.1) is 0 Å². The maximum Gasteiger partial charge on any atom is 0.416 e. The summed E-state index contributed by atoms with van der Waals surface area (Å²) in [6, 6.07) is 8.65. The van der Waals surface area contributed by atoms with E-state index in [0.717, 1.165) is 12.1 Å². The monoisotopic (exact) mass is 409 g/mol. The lowest BCUT2D eigenvalue weighted by molar-refractivity contribution is -0.137. The molecule has 1 N–H and O–H groups in total. The zero-order valence-electron chi connectivity index (χ0n) is 11.7. The van der Waals surface area contributed by atoms with Gasteiger partial charge in [-0.2, -0.15) is 13.2 Å². The summed E-state index contributed by atoms with van der Waals surface area (Å²) in [7, 11) is -2.86. The molecule has 0 saturated heterocycles. The van der Waals surface area contributed by atoms with Crippen LogP contribution < -0.4 is 9.46 Å². The third-order valence-corrected chi connectivity index (χ3v) is 4.66. The van der Waals surface area contributed by atoms with E-state index in [2.05, 4.69) is 20.7 Å². The number of alkyl halides is 3. The average molecular weight is 410 g/mol. The minimum absolute atomic E-state index is 0.00715. The van der Waals surface area contributed by atoms with Crippen molar-refractivity contribution in [3.05, 3.63) is 52.5 Å². The molecule has 0 bridgehead atoms. The highest BCUT2D eigenvalue weighted by molar-refractivity contribution is 9.10. The van der Waals surface area contributed by atoms with Gasteiger partial charge in [0.05, 0.1) is 23.3 Å². The number of halogens is 4. The van der Waals surface area contributed by atoms with Crippen LogP contribution in [0.5, 0.6) is 5.75 Å². The van der Waals surface area contributed by atoms with Crippen molar-refractivity contribution in [2.75, 3.05) is 11.8 Å². The van der Waals surface area contributed by atoms with Crippen LogP contribution in [0.15, 0.2) is 51.8 Å². The summed E-state index contributed by atoms with van der Waals surface area (Å²) in [6.07, 6.45) is -4.65. The molecule has 23 heavy (non-hydrogen) atoms. The molecular formula is C14H11BrF3NO3S. The lowest BCUT2D eigenvalue weighted by Crippen LogP contribution is -2.15. The third kappa shape index (κ3) is 4.17. The van der Waals surface area contributed by atoms with E-state index >= 15 is 0 Å². The molecule has 0 unspecified atom stereocenters. The second-order valence-electron chi connectivity index (χ2n) is 4.48. The second-order valence-corrected chi connectivity index (χ2v) is 7.08. The van der Waals surface area contributed by atoms with E-state index in [1.165, 1.54) is 19.2 Å². The van der Waals surface area contributed by atoms with Crippen LogP contribution in [-0.4, -0.2) is 15.5 Å².